The molecule has 0 saturated carbocycles. The van der Waals surface area contributed by atoms with Crippen molar-refractivity contribution in [2.45, 2.75) is 19.8 Å². The lowest BCUT2D eigenvalue weighted by Crippen LogP contribution is -2.31. The highest BCUT2D eigenvalue weighted by molar-refractivity contribution is 7.18. The zero-order chi connectivity index (χ0) is 14.1. The number of anilines is 1. The van der Waals surface area contributed by atoms with Gasteiger partial charge in [-0.2, -0.15) is 4.98 Å². The summed E-state index contributed by atoms with van der Waals surface area (Å²) in [5, 5.41) is 1.45. The Kier molecular flexibility index (Phi) is 4.10. The van der Waals surface area contributed by atoms with E-state index in [-0.39, 0.29) is 0 Å². The van der Waals surface area contributed by atoms with E-state index in [9.17, 15) is 0 Å². The molecule has 1 aliphatic rings. The molecule has 0 amide bonds. The van der Waals surface area contributed by atoms with Crippen LogP contribution < -0.4 is 4.90 Å². The van der Waals surface area contributed by atoms with E-state index in [4.69, 9.17) is 11.6 Å². The maximum atomic E-state index is 6.05. The number of aryl methyl sites for hydroxylation is 1. The summed E-state index contributed by atoms with van der Waals surface area (Å²) in [6.45, 7) is 6.60. The summed E-state index contributed by atoms with van der Waals surface area (Å²) in [5.74, 6) is 0.948. The van der Waals surface area contributed by atoms with Gasteiger partial charge in [0.2, 0.25) is 5.28 Å². The normalized spacial score (nSPS) is 16.1. The summed E-state index contributed by atoms with van der Waals surface area (Å²) in [5.41, 5.74) is 0. The molecule has 108 valence electrons. The average Bonchev–Trinajstić information content (AvgIpc) is 3.03. The van der Waals surface area contributed by atoms with Crippen molar-refractivity contribution < 1.29 is 0 Å². The van der Waals surface area contributed by atoms with Crippen LogP contribution in [0, 0.1) is 6.92 Å². The topological polar surface area (TPSA) is 32.3 Å². The molecule has 0 atom stereocenters. The molecule has 2 aromatic heterocycles. The van der Waals surface area contributed by atoms with Gasteiger partial charge in [-0.3, -0.25) is 0 Å². The quantitative estimate of drug-likeness (QED) is 0.812. The predicted molar refractivity (Wildman–Crippen MR) is 86.1 cm³/mol. The summed E-state index contributed by atoms with van der Waals surface area (Å²) in [4.78, 5) is 15.7. The van der Waals surface area contributed by atoms with Crippen LogP contribution in [-0.4, -0.2) is 48.1 Å². The fourth-order valence-corrected chi connectivity index (χ4v) is 3.78. The molecule has 3 heterocycles. The first kappa shape index (κ1) is 14.0. The minimum Gasteiger partial charge on any atom is -0.358 e. The third-order valence-electron chi connectivity index (χ3n) is 3.78. The minimum absolute atomic E-state index is 0.336. The molecule has 0 N–H and O–H groups in total. The number of halogens is 1. The molecular formula is C14H19ClN4S. The van der Waals surface area contributed by atoms with E-state index in [2.05, 4.69) is 39.8 Å². The zero-order valence-electron chi connectivity index (χ0n) is 11.9. The number of hydrogen-bond donors (Lipinski definition) is 0. The molecule has 0 aromatic carbocycles. The lowest BCUT2D eigenvalue weighted by Gasteiger charge is -2.22. The predicted octanol–water partition coefficient (Wildman–Crippen LogP) is 3.19. The van der Waals surface area contributed by atoms with E-state index in [1.54, 1.807) is 11.3 Å². The number of thiophene rings is 1. The lowest BCUT2D eigenvalue weighted by molar-refractivity contribution is 0.346. The Morgan fingerprint density at radius 1 is 1.35 bits per heavy atom. The van der Waals surface area contributed by atoms with E-state index in [1.807, 2.05) is 0 Å². The SMILES string of the molecule is Cc1cc2c(N(C)CCN3CCCC3)nc(Cl)nc2s1. The molecule has 1 saturated heterocycles. The molecule has 1 aliphatic heterocycles. The maximum Gasteiger partial charge on any atom is 0.225 e. The number of fused-ring (bicyclic) bond motifs is 1. The van der Waals surface area contributed by atoms with Gasteiger partial charge in [-0.1, -0.05) is 0 Å². The van der Waals surface area contributed by atoms with Crippen LogP contribution in [0.5, 0.6) is 0 Å². The number of likely N-dealkylation sites (tertiary alicyclic amines) is 1. The third-order valence-corrected chi connectivity index (χ3v) is 4.89. The molecule has 0 unspecified atom stereocenters. The molecule has 6 heteroatoms. The maximum absolute atomic E-state index is 6.05. The first-order valence-corrected chi connectivity index (χ1v) is 8.20. The number of hydrogen-bond acceptors (Lipinski definition) is 5. The fourth-order valence-electron chi connectivity index (χ4n) is 2.70. The van der Waals surface area contributed by atoms with Crippen LogP contribution in [0.3, 0.4) is 0 Å². The number of rotatable bonds is 4. The van der Waals surface area contributed by atoms with Gasteiger partial charge in [-0.05, 0) is 50.5 Å². The van der Waals surface area contributed by atoms with Gasteiger partial charge < -0.3 is 9.80 Å². The van der Waals surface area contributed by atoms with Crippen LogP contribution >= 0.6 is 22.9 Å². The van der Waals surface area contributed by atoms with Crippen molar-refractivity contribution in [1.82, 2.24) is 14.9 Å². The zero-order valence-corrected chi connectivity index (χ0v) is 13.5. The highest BCUT2D eigenvalue weighted by Crippen LogP contribution is 2.31. The molecule has 4 nitrogen and oxygen atoms in total. The second-order valence-corrected chi connectivity index (χ2v) is 6.94. The first-order valence-electron chi connectivity index (χ1n) is 7.00. The Morgan fingerprint density at radius 3 is 2.85 bits per heavy atom. The molecule has 20 heavy (non-hydrogen) atoms. The fraction of sp³-hybridized carbons (Fsp3) is 0.571. The van der Waals surface area contributed by atoms with Crippen LogP contribution in [0.1, 0.15) is 17.7 Å². The van der Waals surface area contributed by atoms with Gasteiger partial charge in [-0.25, -0.2) is 4.98 Å². The summed E-state index contributed by atoms with van der Waals surface area (Å²) in [6, 6.07) is 2.15. The van der Waals surface area contributed by atoms with Gasteiger partial charge in [0.1, 0.15) is 10.6 Å². The van der Waals surface area contributed by atoms with Gasteiger partial charge in [0.25, 0.3) is 0 Å². The highest BCUT2D eigenvalue weighted by Gasteiger charge is 2.16. The second-order valence-electron chi connectivity index (χ2n) is 5.36. The molecule has 0 spiro atoms. The third kappa shape index (κ3) is 2.90. The van der Waals surface area contributed by atoms with E-state index >= 15 is 0 Å². The lowest BCUT2D eigenvalue weighted by atomic mass is 10.3. The molecule has 2 aromatic rings. The van der Waals surface area contributed by atoms with E-state index in [0.29, 0.717) is 5.28 Å². The highest BCUT2D eigenvalue weighted by atomic mass is 35.5. The van der Waals surface area contributed by atoms with E-state index in [1.165, 1.54) is 30.8 Å². The smallest absolute Gasteiger partial charge is 0.225 e. The minimum atomic E-state index is 0.336. The molecule has 0 aliphatic carbocycles. The van der Waals surface area contributed by atoms with Crippen molar-refractivity contribution >= 4 is 39.0 Å². The summed E-state index contributed by atoms with van der Waals surface area (Å²) in [7, 11) is 2.08. The second kappa shape index (κ2) is 5.84. The van der Waals surface area contributed by atoms with E-state index < -0.39 is 0 Å². The van der Waals surface area contributed by atoms with Gasteiger partial charge in [0.15, 0.2) is 0 Å². The van der Waals surface area contributed by atoms with Crippen molar-refractivity contribution in [3.63, 3.8) is 0 Å². The Bertz CT molecular complexity index is 606. The number of nitrogens with zero attached hydrogens (tertiary/aromatic N) is 4. The summed E-state index contributed by atoms with van der Waals surface area (Å²) >= 11 is 7.72. The van der Waals surface area contributed by atoms with E-state index in [0.717, 1.165) is 29.1 Å². The molecule has 1 fully saturated rings. The summed E-state index contributed by atoms with van der Waals surface area (Å²) < 4.78 is 0. The Morgan fingerprint density at radius 2 is 2.10 bits per heavy atom. The van der Waals surface area contributed by atoms with Crippen LogP contribution in [0.4, 0.5) is 5.82 Å². The Balaban J connectivity index is 1.80. The standard InChI is InChI=1S/C14H19ClN4S/c1-10-9-11-12(16-14(15)17-13(11)20-10)18(2)7-8-19-5-3-4-6-19/h9H,3-8H2,1-2H3. The van der Waals surface area contributed by atoms with Crippen molar-refractivity contribution in [1.29, 1.82) is 0 Å². The number of likely N-dealkylation sites (N-methyl/N-ethyl adjacent to an activating group) is 1. The van der Waals surface area contributed by atoms with Crippen molar-refractivity contribution in [2.24, 2.45) is 0 Å². The molecule has 0 radical (unpaired) electrons. The van der Waals surface area contributed by atoms with Gasteiger partial charge in [0, 0.05) is 25.0 Å². The summed E-state index contributed by atoms with van der Waals surface area (Å²) in [6.07, 6.45) is 2.66. The first-order chi connectivity index (χ1) is 9.63. The van der Waals surface area contributed by atoms with Crippen LogP contribution in [0.25, 0.3) is 10.2 Å². The van der Waals surface area contributed by atoms with Crippen LogP contribution in [0.2, 0.25) is 5.28 Å². The monoisotopic (exact) mass is 310 g/mol. The number of aromatic nitrogens is 2. The van der Waals surface area contributed by atoms with Gasteiger partial charge in [-0.15, -0.1) is 11.3 Å². The largest absolute Gasteiger partial charge is 0.358 e. The molecular weight excluding hydrogens is 292 g/mol. The van der Waals surface area contributed by atoms with Crippen molar-refractivity contribution in [2.75, 3.05) is 38.1 Å². The van der Waals surface area contributed by atoms with Crippen molar-refractivity contribution in [3.05, 3.63) is 16.2 Å². The van der Waals surface area contributed by atoms with Crippen LogP contribution in [0.15, 0.2) is 6.07 Å². The Labute approximate surface area is 128 Å². The van der Waals surface area contributed by atoms with Crippen molar-refractivity contribution in [3.8, 4) is 0 Å². The van der Waals surface area contributed by atoms with Gasteiger partial charge >= 0.3 is 0 Å². The Hall–Kier alpha value is -0.910. The molecule has 0 bridgehead atoms. The van der Waals surface area contributed by atoms with Crippen LogP contribution in [-0.2, 0) is 0 Å². The molecule has 3 rings (SSSR count). The average molecular weight is 311 g/mol. The van der Waals surface area contributed by atoms with Gasteiger partial charge in [0.05, 0.1) is 5.39 Å².